The summed E-state index contributed by atoms with van der Waals surface area (Å²) in [5.74, 6) is 2.10. The van der Waals surface area contributed by atoms with Crippen LogP contribution in [0.15, 0.2) is 0 Å². The third-order valence-electron chi connectivity index (χ3n) is 4.05. The molecule has 1 aliphatic carbocycles. The molecule has 2 rings (SSSR count). The largest absolute Gasteiger partial charge is 0.303 e. The molecule has 0 spiro atoms. The van der Waals surface area contributed by atoms with Crippen molar-refractivity contribution in [2.45, 2.75) is 45.1 Å². The van der Waals surface area contributed by atoms with Gasteiger partial charge < -0.3 is 4.90 Å². The second-order valence-corrected chi connectivity index (χ2v) is 4.68. The van der Waals surface area contributed by atoms with Crippen LogP contribution in [0.3, 0.4) is 0 Å². The van der Waals surface area contributed by atoms with E-state index in [9.17, 15) is 0 Å². The molecule has 0 aromatic rings. The molecule has 0 bridgehead atoms. The van der Waals surface area contributed by atoms with Gasteiger partial charge in [0.15, 0.2) is 0 Å². The topological polar surface area (TPSA) is 3.24 Å². The Balaban J connectivity index is 1.95. The first-order chi connectivity index (χ1) is 5.81. The molecule has 0 N–H and O–H groups in total. The number of fused-ring (bicyclic) bond motifs is 1. The van der Waals surface area contributed by atoms with Gasteiger partial charge in [-0.15, -0.1) is 0 Å². The molecular weight excluding hydrogens is 146 g/mol. The lowest BCUT2D eigenvalue weighted by molar-refractivity contribution is 0.172. The summed E-state index contributed by atoms with van der Waals surface area (Å²) >= 11 is 0. The third-order valence-corrected chi connectivity index (χ3v) is 4.05. The van der Waals surface area contributed by atoms with Crippen LogP contribution in [0.5, 0.6) is 0 Å². The van der Waals surface area contributed by atoms with E-state index in [4.69, 9.17) is 0 Å². The van der Waals surface area contributed by atoms with Crippen molar-refractivity contribution >= 4 is 0 Å². The summed E-state index contributed by atoms with van der Waals surface area (Å²) in [5.41, 5.74) is 0. The lowest BCUT2D eigenvalue weighted by atomic mass is 9.77. The molecule has 0 aromatic heterocycles. The van der Waals surface area contributed by atoms with E-state index in [0.717, 1.165) is 17.9 Å². The molecule has 2 aliphatic rings. The highest BCUT2D eigenvalue weighted by molar-refractivity contribution is 4.90. The van der Waals surface area contributed by atoms with Gasteiger partial charge in [-0.05, 0) is 51.1 Å². The van der Waals surface area contributed by atoms with E-state index in [1.807, 2.05) is 0 Å². The van der Waals surface area contributed by atoms with Crippen LogP contribution in [-0.4, -0.2) is 24.5 Å². The van der Waals surface area contributed by atoms with Crippen LogP contribution in [0, 0.1) is 11.8 Å². The van der Waals surface area contributed by atoms with Crippen molar-refractivity contribution in [3.05, 3.63) is 0 Å². The van der Waals surface area contributed by atoms with Crippen LogP contribution in [0.1, 0.15) is 39.0 Å². The van der Waals surface area contributed by atoms with Gasteiger partial charge in [-0.1, -0.05) is 13.3 Å². The minimum atomic E-state index is 0.952. The maximum absolute atomic E-state index is 2.58. The number of hydrogen-bond acceptors (Lipinski definition) is 1. The summed E-state index contributed by atoms with van der Waals surface area (Å²) in [6.07, 6.45) is 7.36. The van der Waals surface area contributed by atoms with Gasteiger partial charge in [0.1, 0.15) is 0 Å². The smallest absolute Gasteiger partial charge is 0.0121 e. The Morgan fingerprint density at radius 1 is 1.25 bits per heavy atom. The average molecular weight is 167 g/mol. The summed E-state index contributed by atoms with van der Waals surface area (Å²) in [5, 5.41) is 0. The Labute approximate surface area is 76.1 Å². The first-order valence-corrected chi connectivity index (χ1v) is 5.51. The normalized spacial score (nSPS) is 43.0. The monoisotopic (exact) mass is 167 g/mol. The molecule has 0 aromatic carbocycles. The highest BCUT2D eigenvalue weighted by Crippen LogP contribution is 2.39. The van der Waals surface area contributed by atoms with E-state index in [-0.39, 0.29) is 0 Å². The van der Waals surface area contributed by atoms with Gasteiger partial charge in [0.2, 0.25) is 0 Å². The van der Waals surface area contributed by atoms with E-state index < -0.39 is 0 Å². The number of rotatable bonds is 1. The zero-order chi connectivity index (χ0) is 8.55. The van der Waals surface area contributed by atoms with Gasteiger partial charge in [-0.3, -0.25) is 0 Å². The van der Waals surface area contributed by atoms with Crippen molar-refractivity contribution < 1.29 is 0 Å². The minimum Gasteiger partial charge on any atom is -0.303 e. The van der Waals surface area contributed by atoms with Crippen molar-refractivity contribution in [3.8, 4) is 0 Å². The molecule has 1 aliphatic heterocycles. The van der Waals surface area contributed by atoms with Gasteiger partial charge in [0.05, 0.1) is 0 Å². The van der Waals surface area contributed by atoms with Gasteiger partial charge in [-0.2, -0.15) is 0 Å². The second-order valence-electron chi connectivity index (χ2n) is 4.68. The minimum absolute atomic E-state index is 0.952. The predicted molar refractivity (Wildman–Crippen MR) is 52.2 cm³/mol. The fourth-order valence-electron chi connectivity index (χ4n) is 3.14. The Morgan fingerprint density at radius 2 is 2.08 bits per heavy atom. The molecular formula is C11H21N. The van der Waals surface area contributed by atoms with Crippen LogP contribution in [0.4, 0.5) is 0 Å². The Kier molecular flexibility index (Phi) is 2.40. The number of nitrogens with zero attached hydrogens (tertiary/aromatic N) is 1. The lowest BCUT2D eigenvalue weighted by Crippen LogP contribution is -2.34. The molecule has 3 unspecified atom stereocenters. The predicted octanol–water partition coefficient (Wildman–Crippen LogP) is 2.52. The first-order valence-electron chi connectivity index (χ1n) is 5.51. The second kappa shape index (κ2) is 3.37. The quantitative estimate of drug-likeness (QED) is 0.580. The van der Waals surface area contributed by atoms with Gasteiger partial charge in [0, 0.05) is 6.04 Å². The van der Waals surface area contributed by atoms with Crippen molar-refractivity contribution in [2.24, 2.45) is 11.8 Å². The summed E-state index contributed by atoms with van der Waals surface area (Å²) in [4.78, 5) is 2.58. The highest BCUT2D eigenvalue weighted by atomic mass is 15.2. The first kappa shape index (κ1) is 8.55. The number of likely N-dealkylation sites (tertiary alicyclic amines) is 1. The average Bonchev–Trinajstić information content (AvgIpc) is 2.47. The molecule has 1 heteroatoms. The van der Waals surface area contributed by atoms with E-state index in [1.165, 1.54) is 38.6 Å². The molecule has 1 saturated carbocycles. The van der Waals surface area contributed by atoms with E-state index in [2.05, 4.69) is 18.9 Å². The maximum atomic E-state index is 2.58. The van der Waals surface area contributed by atoms with Crippen LogP contribution < -0.4 is 0 Å². The summed E-state index contributed by atoms with van der Waals surface area (Å²) in [6, 6.07) is 0.952. The maximum Gasteiger partial charge on any atom is 0.0121 e. The van der Waals surface area contributed by atoms with E-state index in [1.54, 1.807) is 0 Å². The zero-order valence-corrected chi connectivity index (χ0v) is 8.42. The highest BCUT2D eigenvalue weighted by Gasteiger charge is 2.36. The molecule has 12 heavy (non-hydrogen) atoms. The standard InChI is InChI=1S/C11H21N/c1-3-9-4-5-11-10(8-9)6-7-12(11)2/h9-11H,3-8H2,1-2H3. The lowest BCUT2D eigenvalue weighted by Gasteiger charge is -2.33. The van der Waals surface area contributed by atoms with Crippen LogP contribution in [0.2, 0.25) is 0 Å². The summed E-state index contributed by atoms with van der Waals surface area (Å²) < 4.78 is 0. The van der Waals surface area contributed by atoms with Crippen LogP contribution in [0.25, 0.3) is 0 Å². The van der Waals surface area contributed by atoms with Crippen LogP contribution in [-0.2, 0) is 0 Å². The zero-order valence-electron chi connectivity index (χ0n) is 8.42. The van der Waals surface area contributed by atoms with Gasteiger partial charge in [-0.25, -0.2) is 0 Å². The van der Waals surface area contributed by atoms with E-state index >= 15 is 0 Å². The Bertz CT molecular complexity index is 155. The Morgan fingerprint density at radius 3 is 2.83 bits per heavy atom. The molecule has 1 saturated heterocycles. The van der Waals surface area contributed by atoms with Crippen molar-refractivity contribution in [1.29, 1.82) is 0 Å². The Hall–Kier alpha value is -0.0400. The molecule has 1 heterocycles. The number of hydrogen-bond donors (Lipinski definition) is 0. The molecule has 70 valence electrons. The summed E-state index contributed by atoms with van der Waals surface area (Å²) in [6.45, 7) is 3.70. The molecule has 1 nitrogen and oxygen atoms in total. The van der Waals surface area contributed by atoms with Gasteiger partial charge in [0.25, 0.3) is 0 Å². The summed E-state index contributed by atoms with van der Waals surface area (Å²) in [7, 11) is 2.30. The van der Waals surface area contributed by atoms with E-state index in [0.29, 0.717) is 0 Å². The molecule has 2 fully saturated rings. The van der Waals surface area contributed by atoms with Crippen molar-refractivity contribution in [3.63, 3.8) is 0 Å². The van der Waals surface area contributed by atoms with Crippen molar-refractivity contribution in [1.82, 2.24) is 4.90 Å². The van der Waals surface area contributed by atoms with Gasteiger partial charge >= 0.3 is 0 Å². The molecule has 3 atom stereocenters. The SMILES string of the molecule is CCC1CCC2C(CCN2C)C1. The molecule has 0 amide bonds. The van der Waals surface area contributed by atoms with Crippen molar-refractivity contribution in [2.75, 3.05) is 13.6 Å². The molecule has 0 radical (unpaired) electrons. The fraction of sp³-hybridized carbons (Fsp3) is 1.00. The van der Waals surface area contributed by atoms with Crippen LogP contribution >= 0.6 is 0 Å². The third kappa shape index (κ3) is 1.39. The fourth-order valence-corrected chi connectivity index (χ4v) is 3.14.